The second-order valence-electron chi connectivity index (χ2n) is 11.7. The van der Waals surface area contributed by atoms with Crippen molar-refractivity contribution in [3.63, 3.8) is 0 Å². The Hall–Kier alpha value is -4.15. The fraction of sp³-hybridized carbons (Fsp3) is 0.419. The van der Waals surface area contributed by atoms with Gasteiger partial charge in [0.05, 0.1) is 30.6 Å². The van der Waals surface area contributed by atoms with Crippen LogP contribution in [0.15, 0.2) is 61.2 Å². The Morgan fingerprint density at radius 1 is 1.00 bits per heavy atom. The number of nitrogens with zero attached hydrogens (tertiary/aromatic N) is 5. The molecule has 1 aliphatic heterocycles. The first kappa shape index (κ1) is 29.3. The smallest absolute Gasteiger partial charge is 0.410 e. The van der Waals surface area contributed by atoms with Crippen LogP contribution in [0.1, 0.15) is 58.1 Å². The highest BCUT2D eigenvalue weighted by Gasteiger charge is 2.29. The van der Waals surface area contributed by atoms with Gasteiger partial charge in [0.1, 0.15) is 17.0 Å². The predicted octanol–water partition coefficient (Wildman–Crippen LogP) is 6.89. The number of benzene rings is 1. The van der Waals surface area contributed by atoms with Gasteiger partial charge in [0.25, 0.3) is 0 Å². The Balaban J connectivity index is 1.25. The van der Waals surface area contributed by atoms with E-state index in [1.807, 2.05) is 72.7 Å². The third-order valence-corrected chi connectivity index (χ3v) is 7.25. The van der Waals surface area contributed by atoms with Gasteiger partial charge in [-0.2, -0.15) is 18.3 Å². The van der Waals surface area contributed by atoms with Crippen LogP contribution in [0.25, 0.3) is 28.0 Å². The lowest BCUT2D eigenvalue weighted by Gasteiger charge is -2.33. The van der Waals surface area contributed by atoms with Crippen LogP contribution < -0.4 is 0 Å². The molecule has 4 aromatic rings. The molecule has 5 rings (SSSR count). The lowest BCUT2D eigenvalue weighted by atomic mass is 10.0. The number of pyridine rings is 1. The average Bonchev–Trinajstić information content (AvgIpc) is 3.58. The number of carbonyl (C=O) groups excluding carboxylic acids is 2. The number of ether oxygens (including phenoxy) is 1. The molecule has 1 amide bonds. The Labute approximate surface area is 242 Å². The van der Waals surface area contributed by atoms with E-state index in [9.17, 15) is 22.8 Å². The molecule has 0 aliphatic carbocycles. The summed E-state index contributed by atoms with van der Waals surface area (Å²) in [6, 6.07) is 11.4. The summed E-state index contributed by atoms with van der Waals surface area (Å²) < 4.78 is 46.8. The topological polar surface area (TPSA) is 81.7 Å². The molecular weight excluding hydrogens is 547 g/mol. The molecule has 0 saturated carbocycles. The third kappa shape index (κ3) is 7.18. The van der Waals surface area contributed by atoms with Gasteiger partial charge >= 0.3 is 12.3 Å². The minimum absolute atomic E-state index is 0.0468. The third-order valence-electron chi connectivity index (χ3n) is 7.25. The largest absolute Gasteiger partial charge is 0.444 e. The van der Waals surface area contributed by atoms with Gasteiger partial charge < -0.3 is 9.64 Å². The number of fused-ring (bicyclic) bond motifs is 1. The maximum Gasteiger partial charge on any atom is 0.410 e. The van der Waals surface area contributed by atoms with Crippen LogP contribution in [0.2, 0.25) is 0 Å². The van der Waals surface area contributed by atoms with Gasteiger partial charge in [0.15, 0.2) is 0 Å². The summed E-state index contributed by atoms with van der Waals surface area (Å²) in [4.78, 5) is 30.8. The Morgan fingerprint density at radius 2 is 1.76 bits per heavy atom. The Morgan fingerprint density at radius 3 is 2.48 bits per heavy atom. The number of piperidine rings is 1. The molecule has 0 unspecified atom stereocenters. The highest BCUT2D eigenvalue weighted by molar-refractivity contribution is 5.81. The molecular formula is C31H34F3N5O3. The van der Waals surface area contributed by atoms with E-state index in [1.165, 1.54) is 0 Å². The van der Waals surface area contributed by atoms with E-state index in [0.717, 1.165) is 40.9 Å². The molecule has 0 N–H and O–H groups in total. The molecule has 0 atom stereocenters. The summed E-state index contributed by atoms with van der Waals surface area (Å²) in [7, 11) is 0. The molecule has 0 radical (unpaired) electrons. The number of imidazole rings is 1. The zero-order chi connectivity index (χ0) is 30.1. The van der Waals surface area contributed by atoms with Crippen molar-refractivity contribution in [2.24, 2.45) is 0 Å². The van der Waals surface area contributed by atoms with Crippen molar-refractivity contribution in [1.82, 2.24) is 24.1 Å². The molecule has 4 heterocycles. The maximum absolute atomic E-state index is 12.5. The van der Waals surface area contributed by atoms with Crippen molar-refractivity contribution in [2.45, 2.75) is 70.7 Å². The van der Waals surface area contributed by atoms with E-state index in [0.29, 0.717) is 18.7 Å². The minimum Gasteiger partial charge on any atom is -0.444 e. The summed E-state index contributed by atoms with van der Waals surface area (Å²) >= 11 is 0. The van der Waals surface area contributed by atoms with Crippen LogP contribution in [0.5, 0.6) is 0 Å². The van der Waals surface area contributed by atoms with E-state index in [-0.39, 0.29) is 18.6 Å². The molecule has 3 aromatic heterocycles. The van der Waals surface area contributed by atoms with Crippen LogP contribution in [-0.2, 0) is 16.0 Å². The van der Waals surface area contributed by atoms with E-state index in [4.69, 9.17) is 4.74 Å². The summed E-state index contributed by atoms with van der Waals surface area (Å²) in [6.45, 7) is 6.81. The molecule has 1 aliphatic rings. The number of likely N-dealkylation sites (tertiary alicyclic amines) is 1. The van der Waals surface area contributed by atoms with Crippen LogP contribution in [0, 0.1) is 0 Å². The first-order valence-electron chi connectivity index (χ1n) is 14.0. The Bertz CT molecular complexity index is 1580. The highest BCUT2D eigenvalue weighted by atomic mass is 19.4. The number of Topliss-reactive ketones (excluding diaryl/α,β-unsaturated/α-hetero) is 1. The summed E-state index contributed by atoms with van der Waals surface area (Å²) in [5, 5.41) is 4.60. The van der Waals surface area contributed by atoms with Gasteiger partial charge in [0.2, 0.25) is 0 Å². The minimum atomic E-state index is -4.34. The number of alkyl halides is 3. The number of halogens is 3. The van der Waals surface area contributed by atoms with E-state index in [1.54, 1.807) is 23.2 Å². The zero-order valence-electron chi connectivity index (χ0n) is 23.9. The number of carbonyl (C=O) groups is 2. The summed E-state index contributed by atoms with van der Waals surface area (Å²) in [5.74, 6) is -0.443. The highest BCUT2D eigenvalue weighted by Crippen LogP contribution is 2.29. The monoisotopic (exact) mass is 581 g/mol. The van der Waals surface area contributed by atoms with Crippen LogP contribution in [0.3, 0.4) is 0 Å². The molecule has 1 aromatic carbocycles. The van der Waals surface area contributed by atoms with E-state index in [2.05, 4.69) is 10.1 Å². The molecule has 1 fully saturated rings. The second kappa shape index (κ2) is 11.6. The molecule has 42 heavy (non-hydrogen) atoms. The zero-order valence-corrected chi connectivity index (χ0v) is 23.9. The molecule has 11 heteroatoms. The van der Waals surface area contributed by atoms with Gasteiger partial charge in [-0.1, -0.05) is 18.2 Å². The first-order valence-corrected chi connectivity index (χ1v) is 14.0. The van der Waals surface area contributed by atoms with Crippen molar-refractivity contribution in [2.75, 3.05) is 13.1 Å². The Kier molecular flexibility index (Phi) is 8.12. The van der Waals surface area contributed by atoms with Gasteiger partial charge in [0, 0.05) is 49.5 Å². The fourth-order valence-electron chi connectivity index (χ4n) is 5.14. The van der Waals surface area contributed by atoms with Crippen LogP contribution >= 0.6 is 0 Å². The summed E-state index contributed by atoms with van der Waals surface area (Å²) in [6.07, 6.45) is 2.79. The normalized spacial score (nSPS) is 14.9. The second-order valence-corrected chi connectivity index (χ2v) is 11.7. The average molecular weight is 582 g/mol. The maximum atomic E-state index is 12.5. The van der Waals surface area contributed by atoms with Crippen molar-refractivity contribution in [1.29, 1.82) is 0 Å². The van der Waals surface area contributed by atoms with Crippen molar-refractivity contribution < 1.29 is 27.5 Å². The van der Waals surface area contributed by atoms with Gasteiger partial charge in [-0.15, -0.1) is 0 Å². The van der Waals surface area contributed by atoms with E-state index < -0.39 is 30.4 Å². The van der Waals surface area contributed by atoms with Crippen molar-refractivity contribution >= 4 is 17.5 Å². The molecule has 0 bridgehead atoms. The van der Waals surface area contributed by atoms with E-state index >= 15 is 0 Å². The van der Waals surface area contributed by atoms with Crippen LogP contribution in [-0.4, -0.2) is 60.8 Å². The van der Waals surface area contributed by atoms with Crippen molar-refractivity contribution in [3.05, 3.63) is 66.7 Å². The number of amides is 1. The standard InChI is InChI=1S/C31H34F3N5O3/c1-30(2,3)42-29(41)37-12-9-25(10-13-37)39-20-24(18-36-39)22-8-14-38-27(19-35-28(38)17-22)23-6-4-5-21(15-23)16-26(40)7-11-31(32,33)34/h4-6,8,14-15,17-20,25H,7,9-13,16H2,1-3H3. The summed E-state index contributed by atoms with van der Waals surface area (Å²) in [5.41, 5.74) is 4.42. The van der Waals surface area contributed by atoms with Gasteiger partial charge in [-0.25, -0.2) is 9.78 Å². The first-order chi connectivity index (χ1) is 19.8. The molecule has 0 spiro atoms. The van der Waals surface area contributed by atoms with Crippen LogP contribution in [0.4, 0.5) is 18.0 Å². The lowest BCUT2D eigenvalue weighted by Crippen LogP contribution is -2.42. The number of hydrogen-bond acceptors (Lipinski definition) is 5. The molecule has 1 saturated heterocycles. The fourth-order valence-corrected chi connectivity index (χ4v) is 5.14. The number of rotatable bonds is 7. The molecule has 8 nitrogen and oxygen atoms in total. The lowest BCUT2D eigenvalue weighted by molar-refractivity contribution is -0.143. The molecule has 222 valence electrons. The SMILES string of the molecule is CC(C)(C)OC(=O)N1CCC(n2cc(-c3ccn4c(-c5cccc(CC(=O)CCC(F)(F)F)c5)cnc4c3)cn2)CC1. The predicted molar refractivity (Wildman–Crippen MR) is 152 cm³/mol. The van der Waals surface area contributed by atoms with Crippen molar-refractivity contribution in [3.8, 4) is 22.4 Å². The number of hydrogen-bond donors (Lipinski definition) is 0. The number of aromatic nitrogens is 4. The quantitative estimate of drug-likeness (QED) is 0.237. The van der Waals surface area contributed by atoms with Gasteiger partial charge in [-0.3, -0.25) is 13.9 Å². The number of ketones is 1. The van der Waals surface area contributed by atoms with Gasteiger partial charge in [-0.05, 0) is 62.9 Å².